The second-order valence-corrected chi connectivity index (χ2v) is 5.48. The second-order valence-electron chi connectivity index (χ2n) is 5.08. The molecule has 1 aliphatic heterocycles. The van der Waals surface area contributed by atoms with Crippen LogP contribution in [0.1, 0.15) is 36.0 Å². The zero-order chi connectivity index (χ0) is 13.7. The van der Waals surface area contributed by atoms with Crippen LogP contribution in [0, 0.1) is 0 Å². The number of aldehydes is 1. The van der Waals surface area contributed by atoms with Gasteiger partial charge in [-0.15, -0.1) is 0 Å². The molecule has 1 fully saturated rings. The summed E-state index contributed by atoms with van der Waals surface area (Å²) in [6.45, 7) is 1.84. The molecule has 1 saturated heterocycles. The Labute approximate surface area is 119 Å². The molecule has 0 radical (unpaired) electrons. The summed E-state index contributed by atoms with van der Waals surface area (Å²) >= 11 is 6.06. The molecule has 1 aromatic rings. The molecule has 1 aliphatic rings. The number of hydrogen-bond donors (Lipinski definition) is 0. The first-order chi connectivity index (χ1) is 9.20. The van der Waals surface area contributed by atoms with Gasteiger partial charge in [-0.2, -0.15) is 0 Å². The Balaban J connectivity index is 1.83. The summed E-state index contributed by atoms with van der Waals surface area (Å²) in [5.41, 5.74) is 0.573. The van der Waals surface area contributed by atoms with Crippen LogP contribution in [-0.2, 0) is 0 Å². The molecule has 0 amide bonds. The van der Waals surface area contributed by atoms with E-state index in [1.807, 2.05) is 0 Å². The van der Waals surface area contributed by atoms with E-state index in [1.165, 1.54) is 25.8 Å². The normalized spacial score (nSPS) is 20.2. The number of hydrogen-bond acceptors (Lipinski definition) is 3. The van der Waals surface area contributed by atoms with Gasteiger partial charge in [0.1, 0.15) is 12.0 Å². The van der Waals surface area contributed by atoms with Gasteiger partial charge in [0.2, 0.25) is 0 Å². The first-order valence-corrected chi connectivity index (χ1v) is 7.16. The SMILES string of the molecule is CN1CCCCC1CCOc1ccc(C=O)cc1Cl. The highest BCUT2D eigenvalue weighted by Gasteiger charge is 2.18. The minimum absolute atomic E-state index is 0.501. The van der Waals surface area contributed by atoms with Gasteiger partial charge in [0.25, 0.3) is 0 Å². The van der Waals surface area contributed by atoms with Crippen LogP contribution in [0.2, 0.25) is 5.02 Å². The summed E-state index contributed by atoms with van der Waals surface area (Å²) in [7, 11) is 2.18. The molecule has 0 aliphatic carbocycles. The van der Waals surface area contributed by atoms with E-state index in [4.69, 9.17) is 16.3 Å². The van der Waals surface area contributed by atoms with Crippen LogP contribution in [0.25, 0.3) is 0 Å². The fraction of sp³-hybridized carbons (Fsp3) is 0.533. The molecule has 3 nitrogen and oxygen atoms in total. The van der Waals surface area contributed by atoms with Crippen molar-refractivity contribution in [3.05, 3.63) is 28.8 Å². The molecule has 4 heteroatoms. The highest BCUT2D eigenvalue weighted by molar-refractivity contribution is 6.32. The fourth-order valence-electron chi connectivity index (χ4n) is 2.52. The van der Waals surface area contributed by atoms with Gasteiger partial charge in [-0.1, -0.05) is 18.0 Å². The lowest BCUT2D eigenvalue weighted by molar-refractivity contribution is 0.112. The van der Waals surface area contributed by atoms with Crippen LogP contribution in [0.4, 0.5) is 0 Å². The Bertz CT molecular complexity index is 436. The standard InChI is InChI=1S/C15H20ClNO2/c1-17-8-3-2-4-13(17)7-9-19-15-6-5-12(11-18)10-14(15)16/h5-6,10-11,13H,2-4,7-9H2,1H3. The zero-order valence-corrected chi connectivity index (χ0v) is 12.0. The van der Waals surface area contributed by atoms with Crippen LogP contribution in [0.3, 0.4) is 0 Å². The van der Waals surface area contributed by atoms with Crippen molar-refractivity contribution in [2.75, 3.05) is 20.2 Å². The predicted molar refractivity (Wildman–Crippen MR) is 77.2 cm³/mol. The van der Waals surface area contributed by atoms with E-state index in [2.05, 4.69) is 11.9 Å². The molecule has 0 saturated carbocycles. The summed E-state index contributed by atoms with van der Waals surface area (Å²) < 4.78 is 5.71. The third-order valence-corrected chi connectivity index (χ3v) is 4.02. The predicted octanol–water partition coefficient (Wildman–Crippen LogP) is 3.41. The molecule has 2 rings (SSSR count). The molecule has 1 heterocycles. The van der Waals surface area contributed by atoms with Gasteiger partial charge >= 0.3 is 0 Å². The van der Waals surface area contributed by atoms with Crippen molar-refractivity contribution in [3.8, 4) is 5.75 Å². The van der Waals surface area contributed by atoms with E-state index >= 15 is 0 Å². The van der Waals surface area contributed by atoms with Crippen LogP contribution < -0.4 is 4.74 Å². The van der Waals surface area contributed by atoms with Gasteiger partial charge in [0.05, 0.1) is 11.6 Å². The van der Waals surface area contributed by atoms with E-state index in [9.17, 15) is 4.79 Å². The van der Waals surface area contributed by atoms with Crippen molar-refractivity contribution in [1.29, 1.82) is 0 Å². The number of carbonyl (C=O) groups is 1. The quantitative estimate of drug-likeness (QED) is 0.775. The number of rotatable bonds is 5. The van der Waals surface area contributed by atoms with Crippen molar-refractivity contribution in [2.24, 2.45) is 0 Å². The number of benzene rings is 1. The second kappa shape index (κ2) is 6.92. The van der Waals surface area contributed by atoms with E-state index in [0.29, 0.717) is 29.0 Å². The van der Waals surface area contributed by atoms with Gasteiger partial charge in [-0.3, -0.25) is 4.79 Å². The van der Waals surface area contributed by atoms with Crippen molar-refractivity contribution in [1.82, 2.24) is 4.90 Å². The van der Waals surface area contributed by atoms with E-state index in [1.54, 1.807) is 18.2 Å². The Morgan fingerprint density at radius 3 is 3.00 bits per heavy atom. The molecule has 1 unspecified atom stereocenters. The molecule has 1 aromatic carbocycles. The Morgan fingerprint density at radius 2 is 2.32 bits per heavy atom. The van der Waals surface area contributed by atoms with Crippen molar-refractivity contribution < 1.29 is 9.53 Å². The van der Waals surface area contributed by atoms with Crippen molar-refractivity contribution >= 4 is 17.9 Å². The third kappa shape index (κ3) is 3.95. The lowest BCUT2D eigenvalue weighted by atomic mass is 10.0. The Hall–Kier alpha value is -1.06. The third-order valence-electron chi connectivity index (χ3n) is 3.72. The summed E-state index contributed by atoms with van der Waals surface area (Å²) in [6, 6.07) is 5.73. The lowest BCUT2D eigenvalue weighted by Crippen LogP contribution is -2.37. The van der Waals surface area contributed by atoms with Crippen LogP contribution >= 0.6 is 11.6 Å². The van der Waals surface area contributed by atoms with Gasteiger partial charge < -0.3 is 9.64 Å². The number of nitrogens with zero attached hydrogens (tertiary/aromatic N) is 1. The van der Waals surface area contributed by atoms with Crippen LogP contribution in [-0.4, -0.2) is 37.4 Å². The van der Waals surface area contributed by atoms with Crippen molar-refractivity contribution in [3.63, 3.8) is 0 Å². The summed E-state index contributed by atoms with van der Waals surface area (Å²) in [4.78, 5) is 13.0. The molecule has 0 aromatic heterocycles. The van der Waals surface area contributed by atoms with Gasteiger partial charge in [0, 0.05) is 11.6 Å². The minimum atomic E-state index is 0.501. The van der Waals surface area contributed by atoms with Gasteiger partial charge in [-0.05, 0) is 51.1 Å². The number of piperidine rings is 1. The minimum Gasteiger partial charge on any atom is -0.492 e. The summed E-state index contributed by atoms with van der Waals surface area (Å²) in [5, 5.41) is 0.501. The molecule has 104 valence electrons. The molecule has 19 heavy (non-hydrogen) atoms. The summed E-state index contributed by atoms with van der Waals surface area (Å²) in [5.74, 6) is 0.658. The zero-order valence-electron chi connectivity index (χ0n) is 11.3. The first kappa shape index (κ1) is 14.4. The number of halogens is 1. The van der Waals surface area contributed by atoms with Crippen LogP contribution in [0.15, 0.2) is 18.2 Å². The van der Waals surface area contributed by atoms with E-state index < -0.39 is 0 Å². The fourth-order valence-corrected chi connectivity index (χ4v) is 2.76. The molecule has 0 N–H and O–H groups in total. The van der Waals surface area contributed by atoms with Gasteiger partial charge in [0.15, 0.2) is 0 Å². The maximum Gasteiger partial charge on any atom is 0.150 e. The van der Waals surface area contributed by atoms with Crippen molar-refractivity contribution in [2.45, 2.75) is 31.7 Å². The summed E-state index contributed by atoms with van der Waals surface area (Å²) in [6.07, 6.45) is 5.66. The van der Waals surface area contributed by atoms with E-state index in [0.717, 1.165) is 12.7 Å². The highest BCUT2D eigenvalue weighted by Crippen LogP contribution is 2.25. The molecule has 0 spiro atoms. The lowest BCUT2D eigenvalue weighted by Gasteiger charge is -2.32. The topological polar surface area (TPSA) is 29.5 Å². The largest absolute Gasteiger partial charge is 0.492 e. The number of likely N-dealkylation sites (tertiary alicyclic amines) is 1. The molecule has 0 bridgehead atoms. The molecule has 1 atom stereocenters. The monoisotopic (exact) mass is 281 g/mol. The maximum absolute atomic E-state index is 10.6. The average molecular weight is 282 g/mol. The highest BCUT2D eigenvalue weighted by atomic mass is 35.5. The van der Waals surface area contributed by atoms with E-state index in [-0.39, 0.29) is 0 Å². The smallest absolute Gasteiger partial charge is 0.150 e. The van der Waals surface area contributed by atoms with Crippen LogP contribution in [0.5, 0.6) is 5.75 Å². The Kier molecular flexibility index (Phi) is 5.23. The molecular formula is C15H20ClNO2. The maximum atomic E-state index is 10.6. The molecular weight excluding hydrogens is 262 g/mol. The average Bonchev–Trinajstić information content (AvgIpc) is 2.42. The number of ether oxygens (including phenoxy) is 1. The Morgan fingerprint density at radius 1 is 1.47 bits per heavy atom. The number of carbonyl (C=O) groups excluding carboxylic acids is 1. The first-order valence-electron chi connectivity index (χ1n) is 6.78. The van der Waals surface area contributed by atoms with Gasteiger partial charge in [-0.25, -0.2) is 0 Å².